The number of alkyl halides is 1. The molecule has 4 aliphatic rings. The maximum absolute atomic E-state index is 12.4. The Morgan fingerprint density at radius 1 is 1.25 bits per heavy atom. The third-order valence-corrected chi connectivity index (χ3v) is 9.35. The molecule has 4 N–H and O–H groups in total. The first-order valence-corrected chi connectivity index (χ1v) is 10.2. The Hall–Kier alpha value is -1.05. The Kier molecular flexibility index (Phi) is 4.33. The summed E-state index contributed by atoms with van der Waals surface area (Å²) in [6.07, 6.45) is 3.82. The lowest BCUT2D eigenvalue weighted by molar-refractivity contribution is -0.186. The lowest BCUT2D eigenvalue weighted by Gasteiger charge is -2.63. The Bertz CT molecular complexity index is 807. The quantitative estimate of drug-likeness (QED) is 0.502. The summed E-state index contributed by atoms with van der Waals surface area (Å²) in [7, 11) is 0. The number of rotatable bonds is 2. The molecular formula is C21H27ClO6. The van der Waals surface area contributed by atoms with E-state index in [-0.39, 0.29) is 30.5 Å². The molecule has 4 rings (SSSR count). The lowest BCUT2D eigenvalue weighted by atomic mass is 9.45. The Morgan fingerprint density at radius 3 is 2.57 bits per heavy atom. The number of allylic oxidation sites excluding steroid dienone is 4. The average Bonchev–Trinajstić information content (AvgIpc) is 2.84. The third-order valence-electron chi connectivity index (χ3n) is 8.43. The smallest absolute Gasteiger partial charge is 0.192 e. The van der Waals surface area contributed by atoms with Gasteiger partial charge in [-0.05, 0) is 49.7 Å². The van der Waals surface area contributed by atoms with Crippen LogP contribution in [0, 0.1) is 22.7 Å². The predicted molar refractivity (Wildman–Crippen MR) is 102 cm³/mol. The minimum atomic E-state index is -2.12. The van der Waals surface area contributed by atoms with Crippen LogP contribution in [0.25, 0.3) is 0 Å². The van der Waals surface area contributed by atoms with Gasteiger partial charge in [0.15, 0.2) is 17.2 Å². The number of hydrogen-bond acceptors (Lipinski definition) is 6. The second-order valence-electron chi connectivity index (χ2n) is 9.36. The Morgan fingerprint density at radius 2 is 1.93 bits per heavy atom. The van der Waals surface area contributed by atoms with Crippen molar-refractivity contribution >= 4 is 23.2 Å². The molecule has 0 spiro atoms. The SMILES string of the molecule is C[C@]12C=CC(=O)C=C1CC[C@H]1[C@@H]3C[C@@H](O)[C@](O)(C(=O)CO)[C@@]3(C)C[C@H](O)[C@@]12Cl. The summed E-state index contributed by atoms with van der Waals surface area (Å²) in [5.41, 5.74) is -3.09. The second-order valence-corrected chi connectivity index (χ2v) is 9.99. The van der Waals surface area contributed by atoms with Crippen LogP contribution in [-0.2, 0) is 9.59 Å². The molecule has 0 amide bonds. The second kappa shape index (κ2) is 5.99. The number of fused-ring (bicyclic) bond motifs is 5. The summed E-state index contributed by atoms with van der Waals surface area (Å²) in [5, 5.41) is 42.6. The standard InChI is InChI=1S/C21H27ClO6/c1-18-6-5-12(24)7-11(18)3-4-13-14-8-15(25)21(28,17(27)10-23)19(14,2)9-16(26)20(13,18)22/h5-7,13-16,23,25-26,28H,3-4,8-10H2,1-2H3/t13-,14-,15+,16-,18-,19-,20-,21-/m0/s1. The van der Waals surface area contributed by atoms with Crippen molar-refractivity contribution in [3.8, 4) is 0 Å². The van der Waals surface area contributed by atoms with E-state index >= 15 is 0 Å². The summed E-state index contributed by atoms with van der Waals surface area (Å²) in [4.78, 5) is 23.2. The van der Waals surface area contributed by atoms with Gasteiger partial charge in [0, 0.05) is 10.8 Å². The zero-order valence-electron chi connectivity index (χ0n) is 16.1. The molecule has 0 saturated heterocycles. The first kappa shape index (κ1) is 20.2. The molecule has 154 valence electrons. The molecule has 0 aromatic carbocycles. The fourth-order valence-corrected chi connectivity index (χ4v) is 7.37. The van der Waals surface area contributed by atoms with Gasteiger partial charge < -0.3 is 20.4 Å². The van der Waals surface area contributed by atoms with Gasteiger partial charge in [0.05, 0.1) is 17.1 Å². The molecule has 3 fully saturated rings. The lowest BCUT2D eigenvalue weighted by Crippen LogP contribution is -2.69. The van der Waals surface area contributed by atoms with Crippen LogP contribution in [0.2, 0.25) is 0 Å². The topological polar surface area (TPSA) is 115 Å². The molecule has 4 aliphatic carbocycles. The third kappa shape index (κ3) is 2.08. The average molecular weight is 411 g/mol. The minimum Gasteiger partial charge on any atom is -0.391 e. The molecule has 0 aromatic rings. The molecule has 6 nitrogen and oxygen atoms in total. The van der Waals surface area contributed by atoms with Gasteiger partial charge in [0.2, 0.25) is 0 Å². The van der Waals surface area contributed by atoms with Crippen molar-refractivity contribution in [3.05, 3.63) is 23.8 Å². The van der Waals surface area contributed by atoms with Gasteiger partial charge in [0.25, 0.3) is 0 Å². The fraction of sp³-hybridized carbons (Fsp3) is 0.714. The predicted octanol–water partition coefficient (Wildman–Crippen LogP) is 0.890. The summed E-state index contributed by atoms with van der Waals surface area (Å²) in [6.45, 7) is 2.75. The van der Waals surface area contributed by atoms with Crippen LogP contribution in [-0.4, -0.2) is 61.3 Å². The minimum absolute atomic E-state index is 0.0155. The number of ketones is 2. The summed E-state index contributed by atoms with van der Waals surface area (Å²) >= 11 is 7.22. The summed E-state index contributed by atoms with van der Waals surface area (Å²) in [6, 6.07) is 0. The molecule has 28 heavy (non-hydrogen) atoms. The van der Waals surface area contributed by atoms with Crippen molar-refractivity contribution in [2.24, 2.45) is 22.7 Å². The number of aliphatic hydroxyl groups excluding tert-OH is 3. The summed E-state index contributed by atoms with van der Waals surface area (Å²) in [5.74, 6) is -1.52. The maximum atomic E-state index is 12.4. The molecule has 0 aromatic heterocycles. The van der Waals surface area contributed by atoms with Gasteiger partial charge in [0.1, 0.15) is 6.61 Å². The molecule has 7 heteroatoms. The highest BCUT2D eigenvalue weighted by atomic mass is 35.5. The van der Waals surface area contributed by atoms with Crippen LogP contribution < -0.4 is 0 Å². The van der Waals surface area contributed by atoms with Crippen LogP contribution in [0.3, 0.4) is 0 Å². The first-order chi connectivity index (χ1) is 13.0. The molecule has 3 saturated carbocycles. The van der Waals surface area contributed by atoms with E-state index in [1.54, 1.807) is 19.1 Å². The van der Waals surface area contributed by atoms with E-state index < -0.39 is 45.9 Å². The van der Waals surface area contributed by atoms with Crippen molar-refractivity contribution in [1.82, 2.24) is 0 Å². The maximum Gasteiger partial charge on any atom is 0.192 e. The van der Waals surface area contributed by atoms with Crippen LogP contribution in [0.1, 0.15) is 39.5 Å². The van der Waals surface area contributed by atoms with E-state index in [0.717, 1.165) is 5.57 Å². The van der Waals surface area contributed by atoms with Gasteiger partial charge in [-0.25, -0.2) is 0 Å². The van der Waals surface area contributed by atoms with E-state index in [2.05, 4.69) is 0 Å². The van der Waals surface area contributed by atoms with E-state index in [0.29, 0.717) is 12.8 Å². The number of halogens is 1. The number of Topliss-reactive ketones (excluding diaryl/α,β-unsaturated/α-hetero) is 1. The van der Waals surface area contributed by atoms with Crippen molar-refractivity contribution in [3.63, 3.8) is 0 Å². The summed E-state index contributed by atoms with van der Waals surface area (Å²) < 4.78 is 0. The van der Waals surface area contributed by atoms with Gasteiger partial charge >= 0.3 is 0 Å². The van der Waals surface area contributed by atoms with Crippen molar-refractivity contribution in [1.29, 1.82) is 0 Å². The largest absolute Gasteiger partial charge is 0.391 e. The van der Waals surface area contributed by atoms with Crippen molar-refractivity contribution < 1.29 is 30.0 Å². The molecule has 0 radical (unpaired) electrons. The van der Waals surface area contributed by atoms with Crippen molar-refractivity contribution in [2.75, 3.05) is 6.61 Å². The van der Waals surface area contributed by atoms with Gasteiger partial charge in [-0.3, -0.25) is 9.59 Å². The Balaban J connectivity index is 1.84. The van der Waals surface area contributed by atoms with Crippen LogP contribution in [0.15, 0.2) is 23.8 Å². The highest BCUT2D eigenvalue weighted by molar-refractivity contribution is 6.26. The molecule has 0 aliphatic heterocycles. The van der Waals surface area contributed by atoms with Crippen LogP contribution in [0.4, 0.5) is 0 Å². The molecule has 0 bridgehead atoms. The number of carbonyl (C=O) groups is 2. The van der Waals surface area contributed by atoms with Crippen LogP contribution >= 0.6 is 11.6 Å². The van der Waals surface area contributed by atoms with Gasteiger partial charge in [-0.1, -0.05) is 25.5 Å². The number of aliphatic hydroxyl groups is 4. The van der Waals surface area contributed by atoms with E-state index in [1.807, 2.05) is 6.92 Å². The molecule has 0 unspecified atom stereocenters. The monoisotopic (exact) mass is 410 g/mol. The normalized spacial score (nSPS) is 52.5. The zero-order chi connectivity index (χ0) is 20.7. The molecular weight excluding hydrogens is 384 g/mol. The number of carbonyl (C=O) groups excluding carboxylic acids is 2. The van der Waals surface area contributed by atoms with Crippen LogP contribution in [0.5, 0.6) is 0 Å². The van der Waals surface area contributed by atoms with E-state index in [9.17, 15) is 30.0 Å². The van der Waals surface area contributed by atoms with E-state index in [1.165, 1.54) is 6.08 Å². The van der Waals surface area contributed by atoms with E-state index in [4.69, 9.17) is 11.6 Å². The molecule has 8 atom stereocenters. The first-order valence-electron chi connectivity index (χ1n) is 9.82. The van der Waals surface area contributed by atoms with Crippen molar-refractivity contribution in [2.45, 2.75) is 62.2 Å². The highest BCUT2D eigenvalue weighted by Crippen LogP contribution is 2.70. The highest BCUT2D eigenvalue weighted by Gasteiger charge is 2.75. The zero-order valence-corrected chi connectivity index (χ0v) is 16.8. The van der Waals surface area contributed by atoms with Gasteiger partial charge in [-0.15, -0.1) is 11.6 Å². The number of hydrogen-bond donors (Lipinski definition) is 4. The fourth-order valence-electron chi connectivity index (χ4n) is 6.85. The molecule has 0 heterocycles. The van der Waals surface area contributed by atoms with Gasteiger partial charge in [-0.2, -0.15) is 0 Å². The Labute approximate surface area is 168 Å².